The molecule has 1 aliphatic rings. The summed E-state index contributed by atoms with van der Waals surface area (Å²) in [7, 11) is 0. The van der Waals surface area contributed by atoms with Gasteiger partial charge >= 0.3 is 5.97 Å². The fourth-order valence-electron chi connectivity index (χ4n) is 2.28. The van der Waals surface area contributed by atoms with Gasteiger partial charge in [-0.2, -0.15) is 0 Å². The summed E-state index contributed by atoms with van der Waals surface area (Å²) in [5, 5.41) is 8.74. The molecule has 0 atom stereocenters. The van der Waals surface area contributed by atoms with E-state index in [1.807, 2.05) is 6.92 Å². The van der Waals surface area contributed by atoms with Crippen LogP contribution in [0.5, 0.6) is 0 Å². The Labute approximate surface area is 117 Å². The zero-order chi connectivity index (χ0) is 14.6. The first kappa shape index (κ1) is 14.9. The summed E-state index contributed by atoms with van der Waals surface area (Å²) in [5.41, 5.74) is 0.733. The van der Waals surface area contributed by atoms with Crippen molar-refractivity contribution in [2.75, 3.05) is 13.2 Å². The molecule has 4 nitrogen and oxygen atoms in total. The number of hydrogen-bond donors (Lipinski definition) is 1. The second-order valence-electron chi connectivity index (χ2n) is 5.23. The van der Waals surface area contributed by atoms with E-state index in [1.54, 1.807) is 12.1 Å². The van der Waals surface area contributed by atoms with E-state index in [-0.39, 0.29) is 12.2 Å². The first-order chi connectivity index (χ1) is 9.52. The van der Waals surface area contributed by atoms with Crippen molar-refractivity contribution in [3.05, 3.63) is 35.6 Å². The predicted octanol–water partition coefficient (Wildman–Crippen LogP) is 2.92. The number of hydrogen-bond acceptors (Lipinski definition) is 3. The van der Waals surface area contributed by atoms with E-state index in [9.17, 15) is 9.18 Å². The van der Waals surface area contributed by atoms with Gasteiger partial charge in [0.1, 0.15) is 5.82 Å². The Bertz CT molecular complexity index is 449. The molecule has 2 rings (SSSR count). The van der Waals surface area contributed by atoms with Gasteiger partial charge in [-0.3, -0.25) is 4.79 Å². The summed E-state index contributed by atoms with van der Waals surface area (Å²) < 4.78 is 24.7. The van der Waals surface area contributed by atoms with Crippen LogP contribution in [-0.4, -0.2) is 24.3 Å². The third kappa shape index (κ3) is 3.55. The number of benzene rings is 1. The van der Waals surface area contributed by atoms with Gasteiger partial charge in [0, 0.05) is 24.3 Å². The highest BCUT2D eigenvalue weighted by Gasteiger charge is 2.38. The molecular formula is C15H19FO4. The van der Waals surface area contributed by atoms with Crippen LogP contribution in [0.3, 0.4) is 0 Å². The Morgan fingerprint density at radius 1 is 1.35 bits per heavy atom. The molecule has 0 saturated carbocycles. The van der Waals surface area contributed by atoms with E-state index in [4.69, 9.17) is 14.6 Å². The van der Waals surface area contributed by atoms with Crippen molar-refractivity contribution >= 4 is 5.97 Å². The second-order valence-corrected chi connectivity index (χ2v) is 5.23. The van der Waals surface area contributed by atoms with E-state index in [0.29, 0.717) is 32.0 Å². The largest absolute Gasteiger partial charge is 0.481 e. The van der Waals surface area contributed by atoms with Crippen molar-refractivity contribution in [2.24, 2.45) is 5.92 Å². The number of ether oxygens (including phenoxy) is 2. The molecule has 1 aromatic rings. The maximum atomic E-state index is 13.0. The monoisotopic (exact) mass is 282 g/mol. The zero-order valence-corrected chi connectivity index (χ0v) is 11.5. The number of rotatable bonds is 5. The highest BCUT2D eigenvalue weighted by molar-refractivity contribution is 5.66. The molecule has 1 aliphatic heterocycles. The molecule has 0 aliphatic carbocycles. The molecule has 0 aromatic heterocycles. The Balaban J connectivity index is 2.15. The summed E-state index contributed by atoms with van der Waals surface area (Å²) in [6.45, 7) is 3.11. The van der Waals surface area contributed by atoms with Crippen LogP contribution in [0.1, 0.15) is 31.7 Å². The lowest BCUT2D eigenvalue weighted by molar-refractivity contribution is -0.294. The lowest BCUT2D eigenvalue weighted by Crippen LogP contribution is -2.41. The van der Waals surface area contributed by atoms with E-state index in [1.165, 1.54) is 12.1 Å². The van der Waals surface area contributed by atoms with Crippen molar-refractivity contribution in [3.8, 4) is 0 Å². The van der Waals surface area contributed by atoms with Gasteiger partial charge in [0.25, 0.3) is 0 Å². The molecule has 0 radical (unpaired) electrons. The standard InChI is InChI=1S/C15H19FO4/c1-11-9-19-15(20-10-11,8-2-3-14(17)18)12-4-6-13(16)7-5-12/h4-7,11H,2-3,8-10H2,1H3,(H,17,18). The van der Waals surface area contributed by atoms with Crippen molar-refractivity contribution in [2.45, 2.75) is 32.0 Å². The van der Waals surface area contributed by atoms with E-state index < -0.39 is 11.8 Å². The number of carboxylic acid groups (broad SMARTS) is 1. The Morgan fingerprint density at radius 3 is 2.50 bits per heavy atom. The van der Waals surface area contributed by atoms with Gasteiger partial charge in [-0.05, 0) is 18.6 Å². The van der Waals surface area contributed by atoms with Gasteiger partial charge < -0.3 is 14.6 Å². The van der Waals surface area contributed by atoms with Crippen LogP contribution in [-0.2, 0) is 20.1 Å². The Kier molecular flexibility index (Phi) is 4.73. The summed E-state index contributed by atoms with van der Waals surface area (Å²) >= 11 is 0. The second kappa shape index (κ2) is 6.33. The predicted molar refractivity (Wildman–Crippen MR) is 70.6 cm³/mol. The first-order valence-corrected chi connectivity index (χ1v) is 6.77. The summed E-state index contributed by atoms with van der Waals surface area (Å²) in [6.07, 6.45) is 0.948. The van der Waals surface area contributed by atoms with E-state index in [2.05, 4.69) is 0 Å². The summed E-state index contributed by atoms with van der Waals surface area (Å²) in [4.78, 5) is 10.6. The third-order valence-corrected chi connectivity index (χ3v) is 3.38. The van der Waals surface area contributed by atoms with Gasteiger partial charge in [0.15, 0.2) is 5.79 Å². The highest BCUT2D eigenvalue weighted by atomic mass is 19.1. The number of carboxylic acids is 1. The summed E-state index contributed by atoms with van der Waals surface area (Å²) in [5.74, 6) is -1.82. The fourth-order valence-corrected chi connectivity index (χ4v) is 2.28. The number of aliphatic carboxylic acids is 1. The molecule has 0 amide bonds. The third-order valence-electron chi connectivity index (χ3n) is 3.38. The fraction of sp³-hybridized carbons (Fsp3) is 0.533. The molecule has 20 heavy (non-hydrogen) atoms. The molecule has 1 aromatic carbocycles. The van der Waals surface area contributed by atoms with Crippen molar-refractivity contribution in [3.63, 3.8) is 0 Å². The molecule has 0 unspecified atom stereocenters. The molecule has 5 heteroatoms. The maximum Gasteiger partial charge on any atom is 0.303 e. The van der Waals surface area contributed by atoms with Gasteiger partial charge in [0.05, 0.1) is 13.2 Å². The van der Waals surface area contributed by atoms with Crippen LogP contribution in [0.15, 0.2) is 24.3 Å². The van der Waals surface area contributed by atoms with Crippen molar-refractivity contribution in [1.29, 1.82) is 0 Å². The highest BCUT2D eigenvalue weighted by Crippen LogP contribution is 2.36. The normalized spacial score (nSPS) is 26.4. The van der Waals surface area contributed by atoms with Crippen LogP contribution in [0.25, 0.3) is 0 Å². The smallest absolute Gasteiger partial charge is 0.303 e. The average molecular weight is 282 g/mol. The minimum Gasteiger partial charge on any atom is -0.481 e. The number of carbonyl (C=O) groups is 1. The van der Waals surface area contributed by atoms with Gasteiger partial charge in [0.2, 0.25) is 0 Å². The van der Waals surface area contributed by atoms with Gasteiger partial charge in [-0.15, -0.1) is 0 Å². The lowest BCUT2D eigenvalue weighted by atomic mass is 9.97. The number of halogens is 1. The van der Waals surface area contributed by atoms with Crippen LogP contribution in [0.4, 0.5) is 4.39 Å². The molecule has 110 valence electrons. The van der Waals surface area contributed by atoms with Crippen LogP contribution < -0.4 is 0 Å². The van der Waals surface area contributed by atoms with Crippen LogP contribution in [0.2, 0.25) is 0 Å². The van der Waals surface area contributed by atoms with Crippen molar-refractivity contribution < 1.29 is 23.8 Å². The molecule has 1 heterocycles. The molecule has 1 fully saturated rings. The van der Waals surface area contributed by atoms with E-state index in [0.717, 1.165) is 5.56 Å². The zero-order valence-electron chi connectivity index (χ0n) is 11.5. The first-order valence-electron chi connectivity index (χ1n) is 6.77. The van der Waals surface area contributed by atoms with Crippen LogP contribution >= 0.6 is 0 Å². The van der Waals surface area contributed by atoms with Crippen LogP contribution in [0, 0.1) is 11.7 Å². The molecule has 0 bridgehead atoms. The summed E-state index contributed by atoms with van der Waals surface area (Å²) in [6, 6.07) is 5.98. The topological polar surface area (TPSA) is 55.8 Å². The molecule has 1 saturated heterocycles. The Hall–Kier alpha value is -1.46. The minimum absolute atomic E-state index is 0.0607. The molecular weight excluding hydrogens is 263 g/mol. The van der Waals surface area contributed by atoms with Crippen molar-refractivity contribution in [1.82, 2.24) is 0 Å². The van der Waals surface area contributed by atoms with Gasteiger partial charge in [-0.25, -0.2) is 4.39 Å². The lowest BCUT2D eigenvalue weighted by Gasteiger charge is -2.40. The van der Waals surface area contributed by atoms with Gasteiger partial charge in [-0.1, -0.05) is 19.1 Å². The molecule has 1 N–H and O–H groups in total. The maximum absolute atomic E-state index is 13.0. The average Bonchev–Trinajstić information content (AvgIpc) is 2.42. The van der Waals surface area contributed by atoms with E-state index >= 15 is 0 Å². The minimum atomic E-state index is -0.949. The quantitative estimate of drug-likeness (QED) is 0.902. The molecule has 0 spiro atoms. The SMILES string of the molecule is CC1COC(CCCC(=O)O)(c2ccc(F)cc2)OC1. The Morgan fingerprint density at radius 2 is 1.95 bits per heavy atom.